The number of methoxy groups -OCH3 is 1. The fraction of sp³-hybridized carbons (Fsp3) is 0.533. The summed E-state index contributed by atoms with van der Waals surface area (Å²) in [5.41, 5.74) is 3.44. The van der Waals surface area contributed by atoms with Gasteiger partial charge >= 0.3 is 0 Å². The number of aromatic nitrogens is 2. The van der Waals surface area contributed by atoms with E-state index in [0.717, 1.165) is 37.3 Å². The lowest BCUT2D eigenvalue weighted by atomic mass is 10.2. The van der Waals surface area contributed by atoms with Crippen molar-refractivity contribution in [1.29, 1.82) is 0 Å². The van der Waals surface area contributed by atoms with Gasteiger partial charge < -0.3 is 9.30 Å². The molecule has 1 aromatic heterocycles. The van der Waals surface area contributed by atoms with E-state index in [-0.39, 0.29) is 5.38 Å². The van der Waals surface area contributed by atoms with Crippen molar-refractivity contribution in [3.05, 3.63) is 29.6 Å². The van der Waals surface area contributed by atoms with Gasteiger partial charge in [0.15, 0.2) is 0 Å². The predicted octanol–water partition coefficient (Wildman–Crippen LogP) is 4.07. The Morgan fingerprint density at radius 2 is 2.16 bits per heavy atom. The van der Waals surface area contributed by atoms with Crippen LogP contribution in [0.3, 0.4) is 0 Å². The molecule has 0 amide bonds. The monoisotopic (exact) mass is 280 g/mol. The molecule has 0 fully saturated rings. The van der Waals surface area contributed by atoms with Gasteiger partial charge in [0.25, 0.3) is 0 Å². The second-order valence-electron chi connectivity index (χ2n) is 4.93. The molecule has 0 spiro atoms. The fourth-order valence-electron chi connectivity index (χ4n) is 2.31. The van der Waals surface area contributed by atoms with Gasteiger partial charge in [0.05, 0.1) is 16.4 Å². The Morgan fingerprint density at radius 3 is 2.84 bits per heavy atom. The van der Waals surface area contributed by atoms with E-state index in [4.69, 9.17) is 16.3 Å². The zero-order chi connectivity index (χ0) is 13.8. The Morgan fingerprint density at radius 1 is 1.37 bits per heavy atom. The van der Waals surface area contributed by atoms with E-state index < -0.39 is 0 Å². The molecule has 104 valence electrons. The van der Waals surface area contributed by atoms with Crippen LogP contribution in [0.15, 0.2) is 18.2 Å². The molecule has 0 aliphatic rings. The Balaban J connectivity index is 2.30. The first-order chi connectivity index (χ1) is 9.13. The van der Waals surface area contributed by atoms with Crippen molar-refractivity contribution >= 4 is 22.6 Å². The Labute approximate surface area is 119 Å². The number of nitrogens with zero attached hydrogens (tertiary/aromatic N) is 2. The van der Waals surface area contributed by atoms with Gasteiger partial charge in [-0.1, -0.05) is 6.07 Å². The van der Waals surface area contributed by atoms with Crippen LogP contribution >= 0.6 is 11.6 Å². The van der Waals surface area contributed by atoms with E-state index in [1.807, 2.05) is 6.92 Å². The number of hydrogen-bond donors (Lipinski definition) is 0. The average molecular weight is 281 g/mol. The minimum absolute atomic E-state index is 0.0740. The molecule has 0 saturated heterocycles. The summed E-state index contributed by atoms with van der Waals surface area (Å²) in [6.45, 7) is 5.80. The maximum atomic E-state index is 6.25. The first kappa shape index (κ1) is 14.4. The van der Waals surface area contributed by atoms with E-state index in [0.29, 0.717) is 0 Å². The van der Waals surface area contributed by atoms with Gasteiger partial charge in [-0.25, -0.2) is 4.98 Å². The number of aryl methyl sites for hydroxylation is 2. The molecule has 1 heterocycles. The number of hydrogen-bond acceptors (Lipinski definition) is 2. The Hall–Kier alpha value is -1.06. The molecule has 1 atom stereocenters. The molecule has 2 rings (SSSR count). The summed E-state index contributed by atoms with van der Waals surface area (Å²) in [6.07, 6.45) is 2.13. The topological polar surface area (TPSA) is 27.1 Å². The van der Waals surface area contributed by atoms with Gasteiger partial charge in [-0.15, -0.1) is 11.6 Å². The molecule has 1 unspecified atom stereocenters. The zero-order valence-corrected chi connectivity index (χ0v) is 12.6. The van der Waals surface area contributed by atoms with E-state index in [2.05, 4.69) is 34.7 Å². The number of fused-ring (bicyclic) bond motifs is 1. The van der Waals surface area contributed by atoms with Crippen LogP contribution in [-0.2, 0) is 11.3 Å². The van der Waals surface area contributed by atoms with Crippen LogP contribution in [0, 0.1) is 6.92 Å². The van der Waals surface area contributed by atoms with Gasteiger partial charge in [-0.3, -0.25) is 0 Å². The number of unbranched alkanes of at least 4 members (excludes halogenated alkanes) is 1. The highest BCUT2D eigenvalue weighted by molar-refractivity contribution is 6.20. The normalized spacial score (nSPS) is 13.1. The van der Waals surface area contributed by atoms with Crippen LogP contribution in [0.2, 0.25) is 0 Å². The van der Waals surface area contributed by atoms with E-state index in [1.54, 1.807) is 7.11 Å². The number of benzene rings is 1. The smallest absolute Gasteiger partial charge is 0.127 e. The second kappa shape index (κ2) is 6.40. The van der Waals surface area contributed by atoms with E-state index in [1.165, 1.54) is 11.1 Å². The summed E-state index contributed by atoms with van der Waals surface area (Å²) in [6, 6.07) is 6.37. The number of rotatable bonds is 6. The lowest BCUT2D eigenvalue weighted by molar-refractivity contribution is 0.191. The van der Waals surface area contributed by atoms with Crippen LogP contribution < -0.4 is 0 Å². The first-order valence-electron chi connectivity index (χ1n) is 6.73. The maximum Gasteiger partial charge on any atom is 0.127 e. The van der Waals surface area contributed by atoms with Crippen molar-refractivity contribution in [1.82, 2.24) is 9.55 Å². The summed E-state index contributed by atoms with van der Waals surface area (Å²) < 4.78 is 7.33. The summed E-state index contributed by atoms with van der Waals surface area (Å²) >= 11 is 6.25. The molecule has 0 aliphatic heterocycles. The minimum Gasteiger partial charge on any atom is -0.385 e. The Bertz CT molecular complexity index is 548. The molecule has 19 heavy (non-hydrogen) atoms. The number of imidazole rings is 1. The summed E-state index contributed by atoms with van der Waals surface area (Å²) in [5.74, 6) is 0.958. The molecule has 0 N–H and O–H groups in total. The van der Waals surface area contributed by atoms with Crippen LogP contribution in [0.5, 0.6) is 0 Å². The van der Waals surface area contributed by atoms with Crippen molar-refractivity contribution in [3.8, 4) is 0 Å². The summed E-state index contributed by atoms with van der Waals surface area (Å²) in [7, 11) is 1.74. The largest absolute Gasteiger partial charge is 0.385 e. The third-order valence-corrected chi connectivity index (χ3v) is 3.46. The molecule has 0 bridgehead atoms. The van der Waals surface area contributed by atoms with Gasteiger partial charge in [0, 0.05) is 20.3 Å². The quantitative estimate of drug-likeness (QED) is 0.589. The fourth-order valence-corrected chi connectivity index (χ4v) is 2.48. The molecule has 0 radical (unpaired) electrons. The molecule has 2 aromatic rings. The molecule has 3 nitrogen and oxygen atoms in total. The lowest BCUT2D eigenvalue weighted by Crippen LogP contribution is -2.05. The lowest BCUT2D eigenvalue weighted by Gasteiger charge is -2.10. The summed E-state index contributed by atoms with van der Waals surface area (Å²) in [5, 5.41) is -0.0740. The molecule has 4 heteroatoms. The summed E-state index contributed by atoms with van der Waals surface area (Å²) in [4.78, 5) is 4.67. The van der Waals surface area contributed by atoms with E-state index >= 15 is 0 Å². The maximum absolute atomic E-state index is 6.25. The average Bonchev–Trinajstić information content (AvgIpc) is 2.72. The molecule has 0 aliphatic carbocycles. The van der Waals surface area contributed by atoms with Crippen molar-refractivity contribution in [2.75, 3.05) is 13.7 Å². The highest BCUT2D eigenvalue weighted by atomic mass is 35.5. The van der Waals surface area contributed by atoms with Crippen molar-refractivity contribution in [3.63, 3.8) is 0 Å². The first-order valence-corrected chi connectivity index (χ1v) is 7.17. The van der Waals surface area contributed by atoms with Crippen LogP contribution in [0.25, 0.3) is 11.0 Å². The van der Waals surface area contributed by atoms with Gasteiger partial charge in [0.2, 0.25) is 0 Å². The highest BCUT2D eigenvalue weighted by Gasteiger charge is 2.14. The van der Waals surface area contributed by atoms with Crippen molar-refractivity contribution < 1.29 is 4.74 Å². The molecule has 1 aromatic carbocycles. The highest BCUT2D eigenvalue weighted by Crippen LogP contribution is 2.25. The SMILES string of the molecule is COCCCCn1c(C(C)Cl)nc2cc(C)ccc21. The Kier molecular flexibility index (Phi) is 4.83. The minimum atomic E-state index is -0.0740. The third-order valence-electron chi connectivity index (χ3n) is 3.27. The number of halogens is 1. The van der Waals surface area contributed by atoms with Crippen LogP contribution in [0.1, 0.15) is 36.5 Å². The van der Waals surface area contributed by atoms with Crippen molar-refractivity contribution in [2.24, 2.45) is 0 Å². The second-order valence-corrected chi connectivity index (χ2v) is 5.58. The van der Waals surface area contributed by atoms with Crippen LogP contribution in [-0.4, -0.2) is 23.3 Å². The standard InChI is InChI=1S/C15H21ClN2O/c1-11-6-7-14-13(10-11)17-15(12(2)16)18(14)8-4-5-9-19-3/h6-7,10,12H,4-5,8-9H2,1-3H3. The number of alkyl halides is 1. The third kappa shape index (κ3) is 3.28. The zero-order valence-electron chi connectivity index (χ0n) is 11.8. The number of ether oxygens (including phenoxy) is 1. The molecular formula is C15H21ClN2O. The van der Waals surface area contributed by atoms with Crippen molar-refractivity contribution in [2.45, 2.75) is 38.6 Å². The van der Waals surface area contributed by atoms with Gasteiger partial charge in [-0.05, 0) is 44.4 Å². The van der Waals surface area contributed by atoms with Crippen LogP contribution in [0.4, 0.5) is 0 Å². The van der Waals surface area contributed by atoms with Gasteiger partial charge in [-0.2, -0.15) is 0 Å². The predicted molar refractivity (Wildman–Crippen MR) is 79.8 cm³/mol. The van der Waals surface area contributed by atoms with E-state index in [9.17, 15) is 0 Å². The van der Waals surface area contributed by atoms with Gasteiger partial charge in [0.1, 0.15) is 5.82 Å². The molecule has 0 saturated carbocycles. The molecular weight excluding hydrogens is 260 g/mol.